The molecule has 2 unspecified atom stereocenters. The Kier molecular flexibility index (Phi) is 7.52. The molecule has 8 heteroatoms. The van der Waals surface area contributed by atoms with Crippen molar-refractivity contribution in [2.24, 2.45) is 11.8 Å². The normalized spacial score (nSPS) is 23.6. The van der Waals surface area contributed by atoms with Gasteiger partial charge in [-0.05, 0) is 55.4 Å². The van der Waals surface area contributed by atoms with E-state index in [1.165, 1.54) is 28.6 Å². The average Bonchev–Trinajstić information content (AvgIpc) is 3.01. The molecule has 30 heavy (non-hydrogen) atoms. The minimum absolute atomic E-state index is 0.174. The van der Waals surface area contributed by atoms with Gasteiger partial charge in [0, 0.05) is 26.2 Å². The van der Waals surface area contributed by atoms with E-state index in [0.29, 0.717) is 38.0 Å². The quantitative estimate of drug-likeness (QED) is 0.663. The zero-order chi connectivity index (χ0) is 21.7. The van der Waals surface area contributed by atoms with Crippen LogP contribution < -0.4 is 0 Å². The summed E-state index contributed by atoms with van der Waals surface area (Å²) < 4.78 is 32.3. The third-order valence-electron chi connectivity index (χ3n) is 5.84. The number of ether oxygens (including phenoxy) is 1. The van der Waals surface area contributed by atoms with E-state index in [1.807, 2.05) is 0 Å². The predicted molar refractivity (Wildman–Crippen MR) is 113 cm³/mol. The molecule has 0 saturated carbocycles. The fourth-order valence-corrected chi connectivity index (χ4v) is 5.88. The van der Waals surface area contributed by atoms with Crippen molar-refractivity contribution in [3.05, 3.63) is 29.8 Å². The summed E-state index contributed by atoms with van der Waals surface area (Å²) in [6, 6.07) is 5.77. The molecule has 166 valence electrons. The minimum Gasteiger partial charge on any atom is -0.452 e. The van der Waals surface area contributed by atoms with Crippen molar-refractivity contribution in [2.45, 2.75) is 50.8 Å². The first kappa shape index (κ1) is 22.7. The number of piperidine rings is 1. The maximum atomic E-state index is 12.8. The highest BCUT2D eigenvalue weighted by molar-refractivity contribution is 7.89. The molecule has 2 atom stereocenters. The van der Waals surface area contributed by atoms with Crippen molar-refractivity contribution in [3.63, 3.8) is 0 Å². The smallest absolute Gasteiger partial charge is 0.338 e. The number of esters is 1. The van der Waals surface area contributed by atoms with E-state index < -0.39 is 16.0 Å². The summed E-state index contributed by atoms with van der Waals surface area (Å²) >= 11 is 0. The SMILES string of the molecule is CC1CC(C)CN(C(=O)COC(=O)c2ccc(S(=O)(=O)N3CCCCCC3)cc2)C1. The minimum atomic E-state index is -3.56. The van der Waals surface area contributed by atoms with Gasteiger partial charge in [-0.25, -0.2) is 13.2 Å². The molecule has 2 heterocycles. The second-order valence-electron chi connectivity index (χ2n) is 8.66. The van der Waals surface area contributed by atoms with Crippen LogP contribution in [0.1, 0.15) is 56.3 Å². The summed E-state index contributed by atoms with van der Waals surface area (Å²) in [6.07, 6.45) is 4.92. The summed E-state index contributed by atoms with van der Waals surface area (Å²) in [6.45, 7) is 6.36. The second kappa shape index (κ2) is 9.92. The van der Waals surface area contributed by atoms with Crippen molar-refractivity contribution in [3.8, 4) is 0 Å². The monoisotopic (exact) mass is 436 g/mol. The lowest BCUT2D eigenvalue weighted by Gasteiger charge is -2.34. The third kappa shape index (κ3) is 5.60. The van der Waals surface area contributed by atoms with Crippen molar-refractivity contribution in [1.82, 2.24) is 9.21 Å². The molecular weight excluding hydrogens is 404 g/mol. The van der Waals surface area contributed by atoms with Gasteiger partial charge in [0.05, 0.1) is 10.5 Å². The van der Waals surface area contributed by atoms with E-state index in [0.717, 1.165) is 32.1 Å². The van der Waals surface area contributed by atoms with Crippen LogP contribution in [0.4, 0.5) is 0 Å². The topological polar surface area (TPSA) is 84.0 Å². The van der Waals surface area contributed by atoms with Crippen molar-refractivity contribution in [1.29, 1.82) is 0 Å². The molecule has 0 bridgehead atoms. The molecule has 7 nitrogen and oxygen atoms in total. The highest BCUT2D eigenvalue weighted by atomic mass is 32.2. The molecule has 2 saturated heterocycles. The van der Waals surface area contributed by atoms with Crippen LogP contribution in [0.5, 0.6) is 0 Å². The van der Waals surface area contributed by atoms with Crippen LogP contribution in [-0.4, -0.2) is 62.3 Å². The molecule has 1 aromatic carbocycles. The standard InChI is InChI=1S/C22H32N2O5S/c1-17-13-18(2)15-23(14-17)21(25)16-29-22(26)19-7-9-20(10-8-19)30(27,28)24-11-5-3-4-6-12-24/h7-10,17-18H,3-6,11-16H2,1-2H3. The van der Waals surface area contributed by atoms with Gasteiger partial charge in [0.15, 0.2) is 6.61 Å². The Morgan fingerprint density at radius 1 is 0.967 bits per heavy atom. The lowest BCUT2D eigenvalue weighted by atomic mass is 9.92. The maximum Gasteiger partial charge on any atom is 0.338 e. The Morgan fingerprint density at radius 3 is 2.10 bits per heavy atom. The first-order valence-corrected chi connectivity index (χ1v) is 12.3. The van der Waals surface area contributed by atoms with Gasteiger partial charge in [-0.1, -0.05) is 26.7 Å². The molecule has 0 spiro atoms. The summed E-state index contributed by atoms with van der Waals surface area (Å²) in [5.74, 6) is 0.0569. The van der Waals surface area contributed by atoms with E-state index in [4.69, 9.17) is 4.74 Å². The van der Waals surface area contributed by atoms with Gasteiger partial charge >= 0.3 is 5.97 Å². The van der Waals surface area contributed by atoms with Crippen molar-refractivity contribution in [2.75, 3.05) is 32.8 Å². The summed E-state index contributed by atoms with van der Waals surface area (Å²) in [4.78, 5) is 26.6. The molecule has 2 aliphatic rings. The number of carbonyl (C=O) groups excluding carboxylic acids is 2. The highest BCUT2D eigenvalue weighted by Gasteiger charge is 2.27. The number of benzene rings is 1. The van der Waals surface area contributed by atoms with E-state index in [9.17, 15) is 18.0 Å². The molecule has 0 aromatic heterocycles. The van der Waals surface area contributed by atoms with E-state index in [-0.39, 0.29) is 23.0 Å². The first-order chi connectivity index (χ1) is 14.3. The molecule has 1 aromatic rings. The second-order valence-corrected chi connectivity index (χ2v) is 10.6. The third-order valence-corrected chi connectivity index (χ3v) is 7.75. The van der Waals surface area contributed by atoms with Crippen molar-refractivity contribution < 1.29 is 22.7 Å². The van der Waals surface area contributed by atoms with Crippen LogP contribution in [0.15, 0.2) is 29.2 Å². The molecule has 0 radical (unpaired) electrons. The molecule has 0 N–H and O–H groups in total. The van der Waals surface area contributed by atoms with E-state index in [2.05, 4.69) is 13.8 Å². The highest BCUT2D eigenvalue weighted by Crippen LogP contribution is 2.22. The fourth-order valence-electron chi connectivity index (χ4n) is 4.36. The molecule has 2 fully saturated rings. The zero-order valence-corrected chi connectivity index (χ0v) is 18.7. The number of hydrogen-bond acceptors (Lipinski definition) is 5. The van der Waals surface area contributed by atoms with Crippen LogP contribution in [0.25, 0.3) is 0 Å². The van der Waals surface area contributed by atoms with E-state index >= 15 is 0 Å². The van der Waals surface area contributed by atoms with Gasteiger partial charge in [-0.3, -0.25) is 4.79 Å². The summed E-state index contributed by atoms with van der Waals surface area (Å²) in [5.41, 5.74) is 0.234. The van der Waals surface area contributed by atoms with E-state index in [1.54, 1.807) is 4.90 Å². The predicted octanol–water partition coefficient (Wildman–Crippen LogP) is 2.91. The number of amides is 1. The summed E-state index contributed by atoms with van der Waals surface area (Å²) in [5, 5.41) is 0. The Labute approximate surface area is 179 Å². The molecule has 3 rings (SSSR count). The lowest BCUT2D eigenvalue weighted by Crippen LogP contribution is -2.44. The molecular formula is C22H32N2O5S. The molecule has 1 amide bonds. The van der Waals surface area contributed by atoms with Crippen LogP contribution >= 0.6 is 0 Å². The van der Waals surface area contributed by atoms with Crippen LogP contribution in [-0.2, 0) is 19.6 Å². The first-order valence-electron chi connectivity index (χ1n) is 10.8. The number of likely N-dealkylation sites (tertiary alicyclic amines) is 1. The molecule has 2 aliphatic heterocycles. The largest absolute Gasteiger partial charge is 0.452 e. The number of sulfonamides is 1. The summed E-state index contributed by atoms with van der Waals surface area (Å²) in [7, 11) is -3.56. The fraction of sp³-hybridized carbons (Fsp3) is 0.636. The number of hydrogen-bond donors (Lipinski definition) is 0. The number of rotatable bonds is 5. The van der Waals surface area contributed by atoms with Gasteiger partial charge in [-0.15, -0.1) is 0 Å². The Morgan fingerprint density at radius 2 is 1.53 bits per heavy atom. The van der Waals surface area contributed by atoms with Gasteiger partial charge in [0.1, 0.15) is 0 Å². The number of nitrogens with zero attached hydrogens (tertiary/aromatic N) is 2. The number of carbonyl (C=O) groups is 2. The van der Waals surface area contributed by atoms with Gasteiger partial charge in [0.2, 0.25) is 10.0 Å². The van der Waals surface area contributed by atoms with Crippen LogP contribution in [0, 0.1) is 11.8 Å². The van der Waals surface area contributed by atoms with Gasteiger partial charge in [-0.2, -0.15) is 4.31 Å². The van der Waals surface area contributed by atoms with Crippen molar-refractivity contribution >= 4 is 21.9 Å². The Hall–Kier alpha value is -1.93. The Bertz CT molecular complexity index is 835. The van der Waals surface area contributed by atoms with Gasteiger partial charge < -0.3 is 9.64 Å². The molecule has 0 aliphatic carbocycles. The zero-order valence-electron chi connectivity index (χ0n) is 17.9. The van der Waals surface area contributed by atoms with Gasteiger partial charge in [0.25, 0.3) is 5.91 Å². The maximum absolute atomic E-state index is 12.8. The average molecular weight is 437 g/mol. The lowest BCUT2D eigenvalue weighted by molar-refractivity contribution is -0.137. The van der Waals surface area contributed by atoms with Crippen LogP contribution in [0.3, 0.4) is 0 Å². The van der Waals surface area contributed by atoms with Crippen LogP contribution in [0.2, 0.25) is 0 Å². The Balaban J connectivity index is 1.57.